The summed E-state index contributed by atoms with van der Waals surface area (Å²) in [6.45, 7) is 10.9. The average molecular weight is 377 g/mol. The summed E-state index contributed by atoms with van der Waals surface area (Å²) < 4.78 is 2.12. The number of likely N-dealkylation sites (tertiary alicyclic amines) is 1. The van der Waals surface area contributed by atoms with E-state index >= 15 is 0 Å². The van der Waals surface area contributed by atoms with E-state index < -0.39 is 0 Å². The fourth-order valence-electron chi connectivity index (χ4n) is 3.74. The molecule has 5 heteroatoms. The van der Waals surface area contributed by atoms with Crippen molar-refractivity contribution < 1.29 is 0 Å². The Balaban J connectivity index is 0.00000243. The highest BCUT2D eigenvalue weighted by atomic mass is 35.5. The van der Waals surface area contributed by atoms with E-state index in [-0.39, 0.29) is 17.8 Å². The Morgan fingerprint density at radius 3 is 2.54 bits per heavy atom. The molecule has 1 aromatic carbocycles. The Kier molecular flexibility index (Phi) is 7.27. The first kappa shape index (κ1) is 20.9. The van der Waals surface area contributed by atoms with Crippen molar-refractivity contribution in [1.29, 1.82) is 0 Å². The molecule has 1 aliphatic rings. The number of aromatic nitrogens is 2. The summed E-state index contributed by atoms with van der Waals surface area (Å²) in [6.07, 6.45) is 4.82. The van der Waals surface area contributed by atoms with Crippen LogP contribution in [0.1, 0.15) is 50.4 Å². The molecule has 2 heterocycles. The van der Waals surface area contributed by atoms with Gasteiger partial charge < -0.3 is 5.32 Å². The number of hydrogen-bond acceptors (Lipinski definition) is 3. The van der Waals surface area contributed by atoms with Crippen LogP contribution in [0.2, 0.25) is 0 Å². The number of nitrogens with zero attached hydrogens (tertiary/aromatic N) is 3. The molecule has 26 heavy (non-hydrogen) atoms. The van der Waals surface area contributed by atoms with Crippen molar-refractivity contribution in [2.75, 3.05) is 20.1 Å². The zero-order chi connectivity index (χ0) is 17.9. The fraction of sp³-hybridized carbons (Fsp3) is 0.571. The molecule has 0 spiro atoms. The van der Waals surface area contributed by atoms with Crippen LogP contribution in [-0.4, -0.2) is 40.9 Å². The van der Waals surface area contributed by atoms with Crippen molar-refractivity contribution in [2.24, 2.45) is 0 Å². The van der Waals surface area contributed by atoms with Crippen LogP contribution in [0.5, 0.6) is 0 Å². The first-order chi connectivity index (χ1) is 12.0. The highest BCUT2D eigenvalue weighted by molar-refractivity contribution is 5.85. The monoisotopic (exact) mass is 376 g/mol. The summed E-state index contributed by atoms with van der Waals surface area (Å²) in [5.74, 6) is 0. The van der Waals surface area contributed by atoms with Gasteiger partial charge in [0.15, 0.2) is 0 Å². The highest BCUT2D eigenvalue weighted by Crippen LogP contribution is 2.26. The van der Waals surface area contributed by atoms with Gasteiger partial charge in [-0.15, -0.1) is 12.4 Å². The summed E-state index contributed by atoms with van der Waals surface area (Å²) in [6, 6.07) is 11.2. The van der Waals surface area contributed by atoms with Crippen LogP contribution < -0.4 is 5.32 Å². The fourth-order valence-corrected chi connectivity index (χ4v) is 3.74. The Morgan fingerprint density at radius 2 is 1.88 bits per heavy atom. The lowest BCUT2D eigenvalue weighted by Crippen LogP contribution is -2.44. The first-order valence-electron chi connectivity index (χ1n) is 9.46. The van der Waals surface area contributed by atoms with Crippen molar-refractivity contribution >= 4 is 12.4 Å². The molecule has 2 aromatic rings. The van der Waals surface area contributed by atoms with E-state index in [4.69, 9.17) is 5.10 Å². The standard InChI is InChI=1S/C21H32N4.ClH/c1-21(2,3)20-18(14-24-12-8-11-19(16-24)22-4)15-25(23-20)13-17-9-6-5-7-10-17;/h5-7,9-10,15,19,22H,8,11-14,16H2,1-4H3;1H. The minimum Gasteiger partial charge on any atom is -0.316 e. The second-order valence-corrected chi connectivity index (χ2v) is 8.30. The maximum atomic E-state index is 4.96. The average Bonchev–Trinajstić information content (AvgIpc) is 2.98. The quantitative estimate of drug-likeness (QED) is 0.860. The predicted octanol–water partition coefficient (Wildman–Crippen LogP) is 3.83. The van der Waals surface area contributed by atoms with E-state index in [9.17, 15) is 0 Å². The number of halogens is 1. The van der Waals surface area contributed by atoms with Gasteiger partial charge in [0.05, 0.1) is 12.2 Å². The molecule has 1 saturated heterocycles. The maximum absolute atomic E-state index is 4.96. The molecule has 1 aromatic heterocycles. The lowest BCUT2D eigenvalue weighted by Gasteiger charge is -2.32. The van der Waals surface area contributed by atoms with Crippen LogP contribution >= 0.6 is 12.4 Å². The van der Waals surface area contributed by atoms with Crippen LogP contribution in [0, 0.1) is 0 Å². The zero-order valence-electron chi connectivity index (χ0n) is 16.5. The molecule has 1 aliphatic heterocycles. The normalized spacial score (nSPS) is 18.5. The van der Waals surface area contributed by atoms with Crippen molar-refractivity contribution in [1.82, 2.24) is 20.0 Å². The third-order valence-electron chi connectivity index (χ3n) is 5.04. The van der Waals surface area contributed by atoms with Gasteiger partial charge in [0.2, 0.25) is 0 Å². The molecule has 4 nitrogen and oxygen atoms in total. The molecule has 0 radical (unpaired) electrons. The van der Waals surface area contributed by atoms with Crippen LogP contribution in [-0.2, 0) is 18.5 Å². The molecule has 0 amide bonds. The minimum absolute atomic E-state index is 0. The lowest BCUT2D eigenvalue weighted by molar-refractivity contribution is 0.187. The van der Waals surface area contributed by atoms with E-state index in [0.29, 0.717) is 6.04 Å². The number of likely N-dealkylation sites (N-methyl/N-ethyl adjacent to an activating group) is 1. The summed E-state index contributed by atoms with van der Waals surface area (Å²) >= 11 is 0. The molecule has 1 N–H and O–H groups in total. The second kappa shape index (κ2) is 9.03. The predicted molar refractivity (Wildman–Crippen MR) is 111 cm³/mol. The SMILES string of the molecule is CNC1CCCN(Cc2cn(Cc3ccccc3)nc2C(C)(C)C)C1.Cl. The largest absolute Gasteiger partial charge is 0.316 e. The number of rotatable bonds is 5. The van der Waals surface area contributed by atoms with E-state index in [2.05, 4.69) is 79.2 Å². The van der Waals surface area contributed by atoms with Crippen LogP contribution in [0.25, 0.3) is 0 Å². The molecule has 1 unspecified atom stereocenters. The Morgan fingerprint density at radius 1 is 1.15 bits per heavy atom. The summed E-state index contributed by atoms with van der Waals surface area (Å²) in [5, 5.41) is 8.40. The highest BCUT2D eigenvalue weighted by Gasteiger charge is 2.25. The van der Waals surface area contributed by atoms with Gasteiger partial charge in [-0.2, -0.15) is 5.10 Å². The molecular formula is C21H33ClN4. The van der Waals surface area contributed by atoms with Gasteiger partial charge in [-0.3, -0.25) is 9.58 Å². The van der Waals surface area contributed by atoms with Gasteiger partial charge in [-0.05, 0) is 32.0 Å². The third kappa shape index (κ3) is 5.32. The molecule has 1 atom stereocenters. The van der Waals surface area contributed by atoms with Gasteiger partial charge in [-0.25, -0.2) is 0 Å². The van der Waals surface area contributed by atoms with Gasteiger partial charge in [0.1, 0.15) is 0 Å². The Labute approximate surface area is 164 Å². The first-order valence-corrected chi connectivity index (χ1v) is 9.46. The topological polar surface area (TPSA) is 33.1 Å². The van der Waals surface area contributed by atoms with Gasteiger partial charge >= 0.3 is 0 Å². The Hall–Kier alpha value is -1.36. The Bertz CT molecular complexity index is 675. The van der Waals surface area contributed by atoms with E-state index in [1.54, 1.807) is 0 Å². The number of benzene rings is 1. The smallest absolute Gasteiger partial charge is 0.0723 e. The third-order valence-corrected chi connectivity index (χ3v) is 5.04. The van der Waals surface area contributed by atoms with E-state index in [0.717, 1.165) is 19.6 Å². The summed E-state index contributed by atoms with van der Waals surface area (Å²) in [5.41, 5.74) is 3.97. The van der Waals surface area contributed by atoms with Crippen molar-refractivity contribution in [2.45, 2.75) is 58.2 Å². The number of hydrogen-bond donors (Lipinski definition) is 1. The minimum atomic E-state index is 0. The molecule has 0 saturated carbocycles. The molecule has 0 bridgehead atoms. The summed E-state index contributed by atoms with van der Waals surface area (Å²) in [7, 11) is 2.08. The number of piperidine rings is 1. The van der Waals surface area contributed by atoms with Gasteiger partial charge in [-0.1, -0.05) is 51.1 Å². The van der Waals surface area contributed by atoms with Crippen molar-refractivity contribution in [3.63, 3.8) is 0 Å². The zero-order valence-corrected chi connectivity index (χ0v) is 17.4. The van der Waals surface area contributed by atoms with Gasteiger partial charge in [0, 0.05) is 36.3 Å². The number of nitrogens with one attached hydrogen (secondary N) is 1. The van der Waals surface area contributed by atoms with Crippen molar-refractivity contribution in [3.05, 3.63) is 53.3 Å². The van der Waals surface area contributed by atoms with Crippen LogP contribution in [0.3, 0.4) is 0 Å². The van der Waals surface area contributed by atoms with Crippen molar-refractivity contribution in [3.8, 4) is 0 Å². The molecule has 1 fully saturated rings. The summed E-state index contributed by atoms with van der Waals surface area (Å²) in [4.78, 5) is 2.57. The molecule has 0 aliphatic carbocycles. The molecule has 3 rings (SSSR count). The lowest BCUT2D eigenvalue weighted by atomic mass is 9.89. The molecular weight excluding hydrogens is 344 g/mol. The van der Waals surface area contributed by atoms with Gasteiger partial charge in [0.25, 0.3) is 0 Å². The maximum Gasteiger partial charge on any atom is 0.0723 e. The van der Waals surface area contributed by atoms with Crippen LogP contribution in [0.15, 0.2) is 36.5 Å². The van der Waals surface area contributed by atoms with E-state index in [1.165, 1.54) is 36.2 Å². The van der Waals surface area contributed by atoms with Crippen LogP contribution in [0.4, 0.5) is 0 Å². The molecule has 144 valence electrons. The van der Waals surface area contributed by atoms with E-state index in [1.807, 2.05) is 0 Å². The second-order valence-electron chi connectivity index (χ2n) is 8.30.